The van der Waals surface area contributed by atoms with Gasteiger partial charge in [0.25, 0.3) is 0 Å². The summed E-state index contributed by atoms with van der Waals surface area (Å²) in [4.78, 5) is 38.7. The van der Waals surface area contributed by atoms with Gasteiger partial charge in [0.1, 0.15) is 6.61 Å². The molecule has 1 aliphatic heterocycles. The Labute approximate surface area is 207 Å². The monoisotopic (exact) mass is 491 g/mol. The summed E-state index contributed by atoms with van der Waals surface area (Å²) >= 11 is 0. The molecule has 9 heteroatoms. The third kappa shape index (κ3) is 5.60. The summed E-state index contributed by atoms with van der Waals surface area (Å²) in [6.07, 6.45) is -4.00. The molecular weight excluding hydrogens is 466 g/mol. The summed E-state index contributed by atoms with van der Waals surface area (Å²) in [6.45, 7) is -0.435. The molecule has 36 heavy (non-hydrogen) atoms. The summed E-state index contributed by atoms with van der Waals surface area (Å²) in [5.41, 5.74) is 0.857. The van der Waals surface area contributed by atoms with Gasteiger partial charge in [0.2, 0.25) is 5.78 Å². The quantitative estimate of drug-likeness (QED) is 0.375. The van der Waals surface area contributed by atoms with E-state index >= 15 is 0 Å². The minimum absolute atomic E-state index is 0.223. The molecule has 3 aromatic carbocycles. The third-order valence-electron chi connectivity index (χ3n) is 5.64. The van der Waals surface area contributed by atoms with Crippen LogP contribution in [0.3, 0.4) is 0 Å². The van der Waals surface area contributed by atoms with Crippen molar-refractivity contribution in [3.8, 4) is 0 Å². The fraction of sp³-hybridized carbons (Fsp3) is 0.222. The predicted octanol–water partition coefficient (Wildman–Crippen LogP) is 3.27. The maximum Gasteiger partial charge on any atom is 0.338 e. The lowest BCUT2D eigenvalue weighted by Gasteiger charge is -2.42. The van der Waals surface area contributed by atoms with Gasteiger partial charge >= 0.3 is 11.9 Å². The number of para-hydroxylation sites is 1. The summed E-state index contributed by atoms with van der Waals surface area (Å²) in [5, 5.41) is 11.8. The second-order valence-electron chi connectivity index (χ2n) is 7.96. The highest BCUT2D eigenvalue weighted by Crippen LogP contribution is 2.29. The molecule has 1 heterocycles. The molecule has 3 aromatic rings. The number of carbonyl (C=O) groups is 3. The van der Waals surface area contributed by atoms with Crippen LogP contribution in [0.2, 0.25) is 0 Å². The number of nitrogens with zero attached hydrogens (tertiary/aromatic N) is 1. The lowest BCUT2D eigenvalue weighted by Crippen LogP contribution is -2.63. The Hall–Kier alpha value is -4.05. The second kappa shape index (κ2) is 11.6. The first-order chi connectivity index (χ1) is 17.5. The van der Waals surface area contributed by atoms with Crippen molar-refractivity contribution in [1.29, 1.82) is 0 Å². The predicted molar refractivity (Wildman–Crippen MR) is 128 cm³/mol. The third-order valence-corrected chi connectivity index (χ3v) is 5.64. The summed E-state index contributed by atoms with van der Waals surface area (Å²) in [6, 6.07) is 23.6. The molecule has 0 aliphatic carbocycles. The lowest BCUT2D eigenvalue weighted by atomic mass is 9.97. The lowest BCUT2D eigenvalue weighted by molar-refractivity contribution is -0.222. The zero-order valence-electron chi connectivity index (χ0n) is 19.4. The summed E-state index contributed by atoms with van der Waals surface area (Å²) in [5.74, 6) is -2.10. The van der Waals surface area contributed by atoms with Gasteiger partial charge < -0.3 is 18.9 Å². The molecule has 1 saturated heterocycles. The van der Waals surface area contributed by atoms with Crippen LogP contribution in [0.4, 0.5) is 5.69 Å². The molecule has 1 fully saturated rings. The van der Waals surface area contributed by atoms with E-state index in [2.05, 4.69) is 0 Å². The number of hydrogen-bond acceptors (Lipinski definition) is 9. The molecule has 0 bridgehead atoms. The van der Waals surface area contributed by atoms with Crippen LogP contribution < -0.4 is 5.06 Å². The Bertz CT molecular complexity index is 1170. The minimum Gasteiger partial charge on any atom is -0.459 e. The first-order valence-electron chi connectivity index (χ1n) is 11.2. The maximum atomic E-state index is 13.5. The Morgan fingerprint density at radius 2 is 1.39 bits per heavy atom. The van der Waals surface area contributed by atoms with Crippen LogP contribution in [0.5, 0.6) is 0 Å². The molecule has 1 N–H and O–H groups in total. The fourth-order valence-electron chi connectivity index (χ4n) is 3.81. The van der Waals surface area contributed by atoms with Crippen LogP contribution in [-0.4, -0.2) is 61.2 Å². The van der Waals surface area contributed by atoms with Gasteiger partial charge in [-0.15, -0.1) is 0 Å². The number of methoxy groups -OCH3 is 1. The van der Waals surface area contributed by atoms with Crippen molar-refractivity contribution in [2.24, 2.45) is 0 Å². The highest BCUT2D eigenvalue weighted by molar-refractivity contribution is 5.95. The van der Waals surface area contributed by atoms with Crippen LogP contribution >= 0.6 is 0 Å². The standard InChI is InChI=1S/C27H25NO8/c1-33-27-22(28(32)20-15-9-4-10-16-20)24(36-26(31)19-13-7-3-8-14-19)23(29)21(35-27)17-34-25(30)18-11-5-2-6-12-18/h2-16,21-22,24,27,32H,17H2,1H3/t21-,22+,24-,27+/m0/s1. The minimum atomic E-state index is -1.50. The molecular formula is C27H25NO8. The first-order valence-corrected chi connectivity index (χ1v) is 11.2. The molecule has 0 unspecified atom stereocenters. The van der Waals surface area contributed by atoms with Crippen molar-refractivity contribution in [2.45, 2.75) is 24.5 Å². The number of esters is 2. The van der Waals surface area contributed by atoms with E-state index in [0.717, 1.165) is 5.06 Å². The second-order valence-corrected chi connectivity index (χ2v) is 7.96. The summed E-state index contributed by atoms with van der Waals surface area (Å²) in [7, 11) is 1.33. The number of hydroxylamine groups is 1. The number of carbonyl (C=O) groups excluding carboxylic acids is 3. The van der Waals surface area contributed by atoms with Gasteiger partial charge in [0, 0.05) is 7.11 Å². The van der Waals surface area contributed by atoms with Gasteiger partial charge in [-0.2, -0.15) is 0 Å². The molecule has 0 amide bonds. The Morgan fingerprint density at radius 3 is 1.94 bits per heavy atom. The Kier molecular flexibility index (Phi) is 8.06. The highest BCUT2D eigenvalue weighted by Gasteiger charge is 2.51. The van der Waals surface area contributed by atoms with Gasteiger partial charge in [-0.3, -0.25) is 10.0 Å². The smallest absolute Gasteiger partial charge is 0.338 e. The largest absolute Gasteiger partial charge is 0.459 e. The Balaban J connectivity index is 1.59. The van der Waals surface area contributed by atoms with E-state index < -0.39 is 48.9 Å². The molecule has 0 aromatic heterocycles. The van der Waals surface area contributed by atoms with Gasteiger partial charge in [-0.25, -0.2) is 14.7 Å². The van der Waals surface area contributed by atoms with Crippen molar-refractivity contribution in [1.82, 2.24) is 0 Å². The van der Waals surface area contributed by atoms with E-state index in [9.17, 15) is 19.6 Å². The molecule has 0 saturated carbocycles. The van der Waals surface area contributed by atoms with E-state index in [1.54, 1.807) is 91.0 Å². The zero-order chi connectivity index (χ0) is 25.5. The van der Waals surface area contributed by atoms with E-state index in [0.29, 0.717) is 11.3 Å². The van der Waals surface area contributed by atoms with Crippen molar-refractivity contribution < 1.29 is 38.5 Å². The molecule has 4 atom stereocenters. The number of Topliss-reactive ketones (excluding diaryl/α,β-unsaturated/α-hetero) is 1. The molecule has 0 spiro atoms. The molecule has 9 nitrogen and oxygen atoms in total. The van der Waals surface area contributed by atoms with Crippen LogP contribution in [0.1, 0.15) is 20.7 Å². The van der Waals surface area contributed by atoms with Gasteiger partial charge in [-0.05, 0) is 36.4 Å². The normalized spacial score (nSPS) is 21.4. The first kappa shape index (κ1) is 25.1. The SMILES string of the molecule is CO[C@@H]1O[C@@H](COC(=O)c2ccccc2)C(=O)[C@@H](OC(=O)c2ccccc2)[C@H]1N(O)c1ccccc1. The average molecular weight is 491 g/mol. The van der Waals surface area contributed by atoms with Crippen LogP contribution in [0.25, 0.3) is 0 Å². The molecule has 4 rings (SSSR count). The highest BCUT2D eigenvalue weighted by atomic mass is 16.7. The van der Waals surface area contributed by atoms with E-state index in [1.807, 2.05) is 0 Å². The number of benzene rings is 3. The van der Waals surface area contributed by atoms with Crippen molar-refractivity contribution in [3.05, 3.63) is 102 Å². The number of rotatable bonds is 8. The van der Waals surface area contributed by atoms with Crippen LogP contribution in [0, 0.1) is 0 Å². The van der Waals surface area contributed by atoms with Crippen molar-refractivity contribution in [3.63, 3.8) is 0 Å². The fourth-order valence-corrected chi connectivity index (χ4v) is 3.81. The molecule has 186 valence electrons. The van der Waals surface area contributed by atoms with E-state index in [-0.39, 0.29) is 5.56 Å². The topological polar surface area (TPSA) is 112 Å². The van der Waals surface area contributed by atoms with Gasteiger partial charge in [-0.1, -0.05) is 54.6 Å². The number of hydrogen-bond donors (Lipinski definition) is 1. The zero-order valence-corrected chi connectivity index (χ0v) is 19.4. The number of anilines is 1. The van der Waals surface area contributed by atoms with E-state index in [1.165, 1.54) is 7.11 Å². The number of ether oxygens (including phenoxy) is 4. The number of ketones is 1. The molecule has 1 aliphatic rings. The average Bonchev–Trinajstić information content (AvgIpc) is 2.94. The Morgan fingerprint density at radius 1 is 0.861 bits per heavy atom. The molecule has 0 radical (unpaired) electrons. The van der Waals surface area contributed by atoms with E-state index in [4.69, 9.17) is 18.9 Å². The van der Waals surface area contributed by atoms with Crippen molar-refractivity contribution in [2.75, 3.05) is 18.8 Å². The van der Waals surface area contributed by atoms with Gasteiger partial charge in [0.05, 0.1) is 16.8 Å². The summed E-state index contributed by atoms with van der Waals surface area (Å²) < 4.78 is 22.1. The van der Waals surface area contributed by atoms with Gasteiger partial charge in [0.15, 0.2) is 24.5 Å². The van der Waals surface area contributed by atoms with Crippen LogP contribution in [0.15, 0.2) is 91.0 Å². The van der Waals surface area contributed by atoms with Crippen molar-refractivity contribution >= 4 is 23.4 Å². The maximum absolute atomic E-state index is 13.5. The van der Waals surface area contributed by atoms with Crippen LogP contribution in [-0.2, 0) is 23.7 Å².